The largest absolute Gasteiger partial charge is 0.480 e. The molecule has 0 saturated carbocycles. The van der Waals surface area contributed by atoms with E-state index in [9.17, 15) is 14.7 Å². The van der Waals surface area contributed by atoms with Crippen LogP contribution in [0.15, 0.2) is 35.5 Å². The maximum atomic E-state index is 12.1. The number of aliphatic carboxylic acids is 1. The highest BCUT2D eigenvalue weighted by Crippen LogP contribution is 2.35. The molecule has 4 atom stereocenters. The molecule has 1 fully saturated rings. The summed E-state index contributed by atoms with van der Waals surface area (Å²) in [4.78, 5) is 31.1. The van der Waals surface area contributed by atoms with E-state index in [1.807, 2.05) is 35.2 Å². The van der Waals surface area contributed by atoms with Gasteiger partial charge in [0, 0.05) is 37.7 Å². The van der Waals surface area contributed by atoms with Crippen molar-refractivity contribution in [3.05, 3.63) is 35.9 Å². The summed E-state index contributed by atoms with van der Waals surface area (Å²) in [5, 5.41) is 17.0. The van der Waals surface area contributed by atoms with Gasteiger partial charge >= 0.3 is 5.97 Å². The summed E-state index contributed by atoms with van der Waals surface area (Å²) in [6.07, 6.45) is 4.95. The molecule has 4 unspecified atom stereocenters. The number of benzene rings is 1. The quantitative estimate of drug-likeness (QED) is 0.426. The minimum atomic E-state index is -0.853. The first kappa shape index (κ1) is 23.9. The van der Waals surface area contributed by atoms with Crippen LogP contribution in [0.2, 0.25) is 0 Å². The van der Waals surface area contributed by atoms with E-state index in [2.05, 4.69) is 24.3 Å². The first-order valence-corrected chi connectivity index (χ1v) is 10.8. The van der Waals surface area contributed by atoms with E-state index in [0.29, 0.717) is 18.9 Å². The van der Waals surface area contributed by atoms with Gasteiger partial charge in [0.1, 0.15) is 13.2 Å². The summed E-state index contributed by atoms with van der Waals surface area (Å²) in [5.41, 5.74) is 1.04. The Morgan fingerprint density at radius 1 is 1.30 bits per heavy atom. The summed E-state index contributed by atoms with van der Waals surface area (Å²) >= 11 is 0. The Labute approximate surface area is 179 Å². The molecule has 1 heterocycles. The van der Waals surface area contributed by atoms with E-state index in [-0.39, 0.29) is 23.9 Å². The smallest absolute Gasteiger partial charge is 0.320 e. The van der Waals surface area contributed by atoms with Gasteiger partial charge in [-0.25, -0.2) is 0 Å². The van der Waals surface area contributed by atoms with E-state index >= 15 is 0 Å². The van der Waals surface area contributed by atoms with Crippen LogP contribution in [0.5, 0.6) is 0 Å². The summed E-state index contributed by atoms with van der Waals surface area (Å²) in [5.74, 6) is -0.648. The van der Waals surface area contributed by atoms with Crippen LogP contribution in [0.4, 0.5) is 0 Å². The van der Waals surface area contributed by atoms with Crippen molar-refractivity contribution < 1.29 is 19.5 Å². The molecule has 7 nitrogen and oxygen atoms in total. The number of nitrogens with zero attached hydrogens (tertiary/aromatic N) is 2. The van der Waals surface area contributed by atoms with Crippen LogP contribution in [0.1, 0.15) is 52.0 Å². The molecule has 7 heteroatoms. The second-order valence-electron chi connectivity index (χ2n) is 8.06. The third kappa shape index (κ3) is 6.29. The summed E-state index contributed by atoms with van der Waals surface area (Å²) in [6, 6.07) is 8.85. The molecule has 1 aliphatic heterocycles. The lowest BCUT2D eigenvalue weighted by Crippen LogP contribution is -2.54. The van der Waals surface area contributed by atoms with Crippen LogP contribution < -0.4 is 5.32 Å². The number of nitrogens with one attached hydrogen (secondary N) is 1. The van der Waals surface area contributed by atoms with E-state index in [1.54, 1.807) is 6.21 Å². The number of likely N-dealkylation sites (tertiary alicyclic amines) is 1. The van der Waals surface area contributed by atoms with Crippen molar-refractivity contribution in [2.24, 2.45) is 17.0 Å². The molecule has 1 saturated heterocycles. The van der Waals surface area contributed by atoms with Crippen LogP contribution >= 0.6 is 0 Å². The minimum Gasteiger partial charge on any atom is -0.480 e. The third-order valence-electron chi connectivity index (χ3n) is 6.11. The lowest BCUT2D eigenvalue weighted by molar-refractivity contribution is -0.143. The molecule has 0 aliphatic carbocycles. The van der Waals surface area contributed by atoms with E-state index in [4.69, 9.17) is 4.84 Å². The van der Waals surface area contributed by atoms with E-state index < -0.39 is 12.0 Å². The summed E-state index contributed by atoms with van der Waals surface area (Å²) < 4.78 is 0. The van der Waals surface area contributed by atoms with Crippen molar-refractivity contribution in [3.63, 3.8) is 0 Å². The van der Waals surface area contributed by atoms with E-state index in [1.165, 1.54) is 14.0 Å². The van der Waals surface area contributed by atoms with Crippen molar-refractivity contribution in [3.8, 4) is 0 Å². The number of rotatable bonds is 11. The molecule has 2 rings (SSSR count). The number of hydrogen-bond acceptors (Lipinski definition) is 5. The van der Waals surface area contributed by atoms with Crippen LogP contribution in [-0.2, 0) is 21.0 Å². The summed E-state index contributed by atoms with van der Waals surface area (Å²) in [7, 11) is 1.48. The van der Waals surface area contributed by atoms with Crippen molar-refractivity contribution in [1.82, 2.24) is 10.2 Å². The van der Waals surface area contributed by atoms with Crippen molar-refractivity contribution in [2.75, 3.05) is 7.11 Å². The van der Waals surface area contributed by atoms with Gasteiger partial charge in [0.25, 0.3) is 0 Å². The number of amides is 1. The van der Waals surface area contributed by atoms with Gasteiger partial charge in [0.15, 0.2) is 0 Å². The highest BCUT2D eigenvalue weighted by Gasteiger charge is 2.47. The van der Waals surface area contributed by atoms with Gasteiger partial charge in [-0.3, -0.25) is 14.5 Å². The molecule has 30 heavy (non-hydrogen) atoms. The fourth-order valence-electron chi connectivity index (χ4n) is 4.58. The Hall–Kier alpha value is -2.41. The van der Waals surface area contributed by atoms with Gasteiger partial charge < -0.3 is 15.3 Å². The number of carbonyl (C=O) groups excluding carboxylic acids is 1. The zero-order valence-corrected chi connectivity index (χ0v) is 18.5. The van der Waals surface area contributed by atoms with Crippen LogP contribution in [0.25, 0.3) is 0 Å². The van der Waals surface area contributed by atoms with Crippen LogP contribution in [0.3, 0.4) is 0 Å². The normalized spacial score (nSPS) is 23.0. The lowest BCUT2D eigenvalue weighted by Gasteiger charge is -2.37. The molecule has 166 valence electrons. The third-order valence-corrected chi connectivity index (χ3v) is 6.11. The Morgan fingerprint density at radius 3 is 2.50 bits per heavy atom. The maximum absolute atomic E-state index is 12.1. The Bertz CT molecular complexity index is 706. The second kappa shape index (κ2) is 11.7. The van der Waals surface area contributed by atoms with Crippen molar-refractivity contribution in [2.45, 2.75) is 71.1 Å². The molecule has 1 aromatic carbocycles. The SMILES string of the molecule is CCC(CC)CC(NC(C)=O)C1C(C=NOC)CC(C(=O)O)N1Cc1ccccc1. The zero-order chi connectivity index (χ0) is 22.1. The average Bonchev–Trinajstić information content (AvgIpc) is 3.08. The van der Waals surface area contributed by atoms with Gasteiger partial charge in [-0.1, -0.05) is 62.2 Å². The fourth-order valence-corrected chi connectivity index (χ4v) is 4.58. The number of hydrogen-bond donors (Lipinski definition) is 2. The molecule has 1 aliphatic rings. The Balaban J connectivity index is 2.45. The average molecular weight is 418 g/mol. The second-order valence-corrected chi connectivity index (χ2v) is 8.06. The molecule has 1 amide bonds. The molecule has 1 aromatic rings. The summed E-state index contributed by atoms with van der Waals surface area (Å²) in [6.45, 7) is 6.32. The van der Waals surface area contributed by atoms with Gasteiger partial charge in [0.05, 0.1) is 0 Å². The zero-order valence-electron chi connectivity index (χ0n) is 18.5. The highest BCUT2D eigenvalue weighted by atomic mass is 16.6. The fraction of sp³-hybridized carbons (Fsp3) is 0.609. The highest BCUT2D eigenvalue weighted by molar-refractivity contribution is 5.77. The Kier molecular flexibility index (Phi) is 9.30. The molecule has 0 aromatic heterocycles. The van der Waals surface area contributed by atoms with Gasteiger partial charge in [0.2, 0.25) is 5.91 Å². The number of carbonyl (C=O) groups is 2. The molecular formula is C23H35N3O4. The van der Waals surface area contributed by atoms with Gasteiger partial charge in [-0.05, 0) is 24.3 Å². The number of carboxylic acids is 1. The van der Waals surface area contributed by atoms with Crippen molar-refractivity contribution in [1.29, 1.82) is 0 Å². The lowest BCUT2D eigenvalue weighted by atomic mass is 9.86. The molecule has 0 radical (unpaired) electrons. The number of oxime groups is 1. The predicted octanol–water partition coefficient (Wildman–Crippen LogP) is 3.29. The first-order valence-electron chi connectivity index (χ1n) is 10.8. The molecule has 0 bridgehead atoms. The molecular weight excluding hydrogens is 382 g/mol. The maximum Gasteiger partial charge on any atom is 0.320 e. The Morgan fingerprint density at radius 2 is 1.97 bits per heavy atom. The predicted molar refractivity (Wildman–Crippen MR) is 117 cm³/mol. The molecule has 2 N–H and O–H groups in total. The van der Waals surface area contributed by atoms with Crippen LogP contribution in [-0.4, -0.2) is 53.3 Å². The van der Waals surface area contributed by atoms with Crippen molar-refractivity contribution >= 4 is 18.1 Å². The first-order chi connectivity index (χ1) is 14.4. The molecule has 0 spiro atoms. The monoisotopic (exact) mass is 417 g/mol. The topological polar surface area (TPSA) is 91.2 Å². The minimum absolute atomic E-state index is 0.105. The standard InChI is InChI=1S/C23H35N3O4/c1-5-17(6-2)12-20(25-16(3)27)22-19(14-24-30-4)13-21(23(28)29)26(22)15-18-10-8-7-9-11-18/h7-11,14,17,19-22H,5-6,12-13,15H2,1-4H3,(H,25,27)(H,28,29). The van der Waals surface area contributed by atoms with E-state index in [0.717, 1.165) is 24.8 Å². The number of carboxylic acid groups (broad SMARTS) is 1. The van der Waals surface area contributed by atoms with Gasteiger partial charge in [-0.15, -0.1) is 0 Å². The van der Waals surface area contributed by atoms with Crippen LogP contribution in [0, 0.1) is 11.8 Å². The van der Waals surface area contributed by atoms with Gasteiger partial charge in [-0.2, -0.15) is 0 Å².